The van der Waals surface area contributed by atoms with Gasteiger partial charge in [-0.1, -0.05) is 30.3 Å². The molecule has 22 heavy (non-hydrogen) atoms. The number of carbonyl (C=O) groups is 1. The van der Waals surface area contributed by atoms with Gasteiger partial charge in [0.1, 0.15) is 5.01 Å². The number of aromatic nitrogens is 2. The Bertz CT molecular complexity index is 741. The Kier molecular flexibility index (Phi) is 4.56. The van der Waals surface area contributed by atoms with Crippen LogP contribution in [0.2, 0.25) is 0 Å². The molecule has 0 bridgehead atoms. The first-order valence-corrected chi connectivity index (χ1v) is 7.84. The summed E-state index contributed by atoms with van der Waals surface area (Å²) >= 11 is 1.57. The van der Waals surface area contributed by atoms with Crippen molar-refractivity contribution < 1.29 is 4.79 Å². The topological polar surface area (TPSA) is 54.9 Å². The van der Waals surface area contributed by atoms with Crippen LogP contribution in [0.25, 0.3) is 10.6 Å². The molecule has 4 nitrogen and oxygen atoms in total. The maximum Gasteiger partial charge on any atom is 0.224 e. The van der Waals surface area contributed by atoms with Gasteiger partial charge < -0.3 is 5.32 Å². The Balaban J connectivity index is 1.56. The Morgan fingerprint density at radius 3 is 2.64 bits per heavy atom. The van der Waals surface area contributed by atoms with E-state index in [1.807, 2.05) is 47.8 Å². The minimum absolute atomic E-state index is 0.00432. The molecule has 0 atom stereocenters. The summed E-state index contributed by atoms with van der Waals surface area (Å²) in [6.07, 6.45) is 3.89. The number of hydrogen-bond acceptors (Lipinski definition) is 4. The zero-order valence-electron chi connectivity index (χ0n) is 11.9. The molecule has 110 valence electrons. The van der Waals surface area contributed by atoms with E-state index in [2.05, 4.69) is 15.3 Å². The maximum absolute atomic E-state index is 11.9. The van der Waals surface area contributed by atoms with Gasteiger partial charge in [0.25, 0.3) is 0 Å². The number of nitrogens with one attached hydrogen (secondary N) is 1. The molecule has 2 aromatic heterocycles. The van der Waals surface area contributed by atoms with Crippen LogP contribution in [0.1, 0.15) is 11.3 Å². The van der Waals surface area contributed by atoms with Crippen LogP contribution in [0.3, 0.4) is 0 Å². The van der Waals surface area contributed by atoms with Crippen LogP contribution < -0.4 is 5.32 Å². The molecule has 0 saturated carbocycles. The van der Waals surface area contributed by atoms with E-state index in [1.54, 1.807) is 23.7 Å². The first kappa shape index (κ1) is 14.4. The number of hydrogen-bond donors (Lipinski definition) is 1. The molecular formula is C17H15N3OS. The summed E-state index contributed by atoms with van der Waals surface area (Å²) in [4.78, 5) is 20.5. The van der Waals surface area contributed by atoms with E-state index >= 15 is 0 Å². The molecule has 1 amide bonds. The highest BCUT2D eigenvalue weighted by atomic mass is 32.1. The molecule has 0 aliphatic carbocycles. The summed E-state index contributed by atoms with van der Waals surface area (Å²) < 4.78 is 0. The zero-order valence-corrected chi connectivity index (χ0v) is 12.7. The van der Waals surface area contributed by atoms with Crippen molar-refractivity contribution in [3.05, 3.63) is 71.5 Å². The zero-order chi connectivity index (χ0) is 15.2. The van der Waals surface area contributed by atoms with Gasteiger partial charge in [-0.3, -0.25) is 9.78 Å². The second-order valence-corrected chi connectivity index (χ2v) is 5.68. The third kappa shape index (κ3) is 3.77. The van der Waals surface area contributed by atoms with E-state index in [4.69, 9.17) is 0 Å². The minimum Gasteiger partial charge on any atom is -0.350 e. The molecule has 0 spiro atoms. The average molecular weight is 309 g/mol. The molecule has 2 heterocycles. The van der Waals surface area contributed by atoms with Gasteiger partial charge in [0.2, 0.25) is 5.91 Å². The Morgan fingerprint density at radius 2 is 1.86 bits per heavy atom. The Morgan fingerprint density at radius 1 is 1.09 bits per heavy atom. The van der Waals surface area contributed by atoms with Crippen LogP contribution in [0.5, 0.6) is 0 Å². The lowest BCUT2D eigenvalue weighted by Crippen LogP contribution is -2.24. The average Bonchev–Trinajstić information content (AvgIpc) is 3.04. The van der Waals surface area contributed by atoms with Gasteiger partial charge in [0.15, 0.2) is 0 Å². The van der Waals surface area contributed by atoms with Gasteiger partial charge in [-0.25, -0.2) is 4.98 Å². The van der Waals surface area contributed by atoms with E-state index in [0.717, 1.165) is 21.8 Å². The number of pyridine rings is 1. The molecule has 3 rings (SSSR count). The number of carbonyl (C=O) groups excluding carboxylic acids is 1. The lowest BCUT2D eigenvalue weighted by atomic mass is 10.1. The largest absolute Gasteiger partial charge is 0.350 e. The van der Waals surface area contributed by atoms with E-state index in [0.29, 0.717) is 13.0 Å². The molecular weight excluding hydrogens is 294 g/mol. The van der Waals surface area contributed by atoms with Crippen molar-refractivity contribution in [3.63, 3.8) is 0 Å². The fraction of sp³-hybridized carbons (Fsp3) is 0.118. The second-order valence-electron chi connectivity index (χ2n) is 4.82. The van der Waals surface area contributed by atoms with Crippen molar-refractivity contribution in [2.75, 3.05) is 0 Å². The molecule has 5 heteroatoms. The highest BCUT2D eigenvalue weighted by Crippen LogP contribution is 2.22. The van der Waals surface area contributed by atoms with E-state index in [1.165, 1.54) is 0 Å². The number of nitrogens with zero attached hydrogens (tertiary/aromatic N) is 2. The summed E-state index contributed by atoms with van der Waals surface area (Å²) in [6, 6.07) is 13.6. The van der Waals surface area contributed by atoms with Gasteiger partial charge in [-0.15, -0.1) is 11.3 Å². The third-order valence-electron chi connectivity index (χ3n) is 3.15. The fourth-order valence-electron chi connectivity index (χ4n) is 2.05. The van der Waals surface area contributed by atoms with Crippen molar-refractivity contribution in [2.45, 2.75) is 13.0 Å². The SMILES string of the molecule is O=C(Cc1ccccc1)NCc1csc(-c2ccncc2)n1. The van der Waals surface area contributed by atoms with E-state index in [9.17, 15) is 4.79 Å². The lowest BCUT2D eigenvalue weighted by Gasteiger charge is -2.03. The third-order valence-corrected chi connectivity index (χ3v) is 4.09. The second kappa shape index (κ2) is 6.95. The summed E-state index contributed by atoms with van der Waals surface area (Å²) in [5, 5.41) is 5.82. The highest BCUT2D eigenvalue weighted by molar-refractivity contribution is 7.13. The van der Waals surface area contributed by atoms with Crippen LogP contribution in [0.4, 0.5) is 0 Å². The van der Waals surface area contributed by atoms with Crippen LogP contribution in [-0.4, -0.2) is 15.9 Å². The van der Waals surface area contributed by atoms with Gasteiger partial charge >= 0.3 is 0 Å². The van der Waals surface area contributed by atoms with Crippen LogP contribution in [0, 0.1) is 0 Å². The molecule has 0 fully saturated rings. The lowest BCUT2D eigenvalue weighted by molar-refractivity contribution is -0.120. The van der Waals surface area contributed by atoms with Crippen LogP contribution >= 0.6 is 11.3 Å². The van der Waals surface area contributed by atoms with Crippen molar-refractivity contribution in [1.29, 1.82) is 0 Å². The number of benzene rings is 1. The van der Waals surface area contributed by atoms with E-state index in [-0.39, 0.29) is 5.91 Å². The molecule has 0 unspecified atom stereocenters. The Labute approximate surface area is 132 Å². The number of rotatable bonds is 5. The molecule has 3 aromatic rings. The van der Waals surface area contributed by atoms with E-state index < -0.39 is 0 Å². The quantitative estimate of drug-likeness (QED) is 0.788. The number of amides is 1. The summed E-state index contributed by atoms with van der Waals surface area (Å²) in [5.74, 6) is 0.00432. The molecule has 0 saturated heterocycles. The maximum atomic E-state index is 11.9. The molecule has 0 radical (unpaired) electrons. The molecule has 1 aromatic carbocycles. The van der Waals surface area contributed by atoms with Crippen LogP contribution in [-0.2, 0) is 17.8 Å². The standard InChI is InChI=1S/C17H15N3OS/c21-16(10-13-4-2-1-3-5-13)19-11-15-12-22-17(20-15)14-6-8-18-9-7-14/h1-9,12H,10-11H2,(H,19,21). The van der Waals surface area contributed by atoms with Crippen molar-refractivity contribution in [1.82, 2.24) is 15.3 Å². The molecule has 1 N–H and O–H groups in total. The smallest absolute Gasteiger partial charge is 0.224 e. The van der Waals surface area contributed by atoms with Crippen LogP contribution in [0.15, 0.2) is 60.2 Å². The fourth-order valence-corrected chi connectivity index (χ4v) is 2.87. The van der Waals surface area contributed by atoms with Crippen molar-refractivity contribution in [2.24, 2.45) is 0 Å². The number of thiazole rings is 1. The van der Waals surface area contributed by atoms with Gasteiger partial charge in [0.05, 0.1) is 18.7 Å². The van der Waals surface area contributed by atoms with Crippen molar-refractivity contribution in [3.8, 4) is 10.6 Å². The molecule has 0 aliphatic heterocycles. The van der Waals surface area contributed by atoms with Gasteiger partial charge in [0, 0.05) is 23.3 Å². The predicted molar refractivity (Wildman–Crippen MR) is 87.3 cm³/mol. The minimum atomic E-state index is 0.00432. The van der Waals surface area contributed by atoms with Crippen molar-refractivity contribution >= 4 is 17.2 Å². The summed E-state index contributed by atoms with van der Waals surface area (Å²) in [6.45, 7) is 0.452. The molecule has 0 aliphatic rings. The summed E-state index contributed by atoms with van der Waals surface area (Å²) in [7, 11) is 0. The normalized spacial score (nSPS) is 10.4. The first-order valence-electron chi connectivity index (χ1n) is 6.97. The van der Waals surface area contributed by atoms with Gasteiger partial charge in [-0.2, -0.15) is 0 Å². The summed E-state index contributed by atoms with van der Waals surface area (Å²) in [5.41, 5.74) is 2.93. The highest BCUT2D eigenvalue weighted by Gasteiger charge is 2.07. The Hall–Kier alpha value is -2.53. The predicted octanol–water partition coefficient (Wildman–Crippen LogP) is 3.06. The van der Waals surface area contributed by atoms with Gasteiger partial charge in [-0.05, 0) is 17.7 Å². The first-order chi connectivity index (χ1) is 10.8. The monoisotopic (exact) mass is 309 g/mol.